The molecule has 3 nitrogen and oxygen atoms in total. The van der Waals surface area contributed by atoms with Crippen LogP contribution in [0.4, 0.5) is 8.78 Å². The normalized spacial score (nSPS) is 11.1. The van der Waals surface area contributed by atoms with Crippen LogP contribution in [0.1, 0.15) is 37.3 Å². The van der Waals surface area contributed by atoms with Gasteiger partial charge in [-0.3, -0.25) is 4.79 Å². The van der Waals surface area contributed by atoms with Crippen molar-refractivity contribution in [3.8, 4) is 5.88 Å². The van der Waals surface area contributed by atoms with Crippen molar-refractivity contribution in [1.82, 2.24) is 4.98 Å². The number of ether oxygens (including phenoxy) is 1. The Labute approximate surface area is 86.1 Å². The smallest absolute Gasteiger partial charge is 0.269 e. The van der Waals surface area contributed by atoms with Crippen LogP contribution in [0.2, 0.25) is 0 Å². The fourth-order valence-corrected chi connectivity index (χ4v) is 1.40. The van der Waals surface area contributed by atoms with Gasteiger partial charge in [0.05, 0.1) is 18.2 Å². The molecule has 0 bridgehead atoms. The van der Waals surface area contributed by atoms with Crippen LogP contribution in [0.5, 0.6) is 5.88 Å². The Kier molecular flexibility index (Phi) is 3.44. The predicted molar refractivity (Wildman–Crippen MR) is 52.7 cm³/mol. The molecule has 0 saturated heterocycles. The van der Waals surface area contributed by atoms with E-state index in [1.165, 1.54) is 7.11 Å². The second kappa shape index (κ2) is 4.42. The lowest BCUT2D eigenvalue weighted by Crippen LogP contribution is -2.18. The van der Waals surface area contributed by atoms with Crippen LogP contribution in [0.25, 0.3) is 0 Å². The van der Waals surface area contributed by atoms with E-state index < -0.39 is 17.4 Å². The number of methoxy groups -OCH3 is 1. The first-order chi connectivity index (χ1) is 6.99. The highest BCUT2D eigenvalue weighted by Gasteiger charge is 2.20. The van der Waals surface area contributed by atoms with Crippen molar-refractivity contribution < 1.29 is 13.5 Å². The fourth-order valence-electron chi connectivity index (χ4n) is 1.40. The summed E-state index contributed by atoms with van der Waals surface area (Å²) in [6, 6.07) is 0. The zero-order valence-corrected chi connectivity index (χ0v) is 8.80. The standard InChI is InChI=1S/C10H13F2NO2/c1-5(2)7-8(14)6(9(11)12)4-13-10(7)15-3/h4-5,9H,1-3H3,(H,13,14). The van der Waals surface area contributed by atoms with Crippen LogP contribution in [-0.2, 0) is 0 Å². The highest BCUT2D eigenvalue weighted by atomic mass is 19.3. The molecule has 0 amide bonds. The number of halogens is 2. The number of pyridine rings is 1. The van der Waals surface area contributed by atoms with E-state index in [0.717, 1.165) is 6.20 Å². The minimum Gasteiger partial charge on any atom is -0.482 e. The fraction of sp³-hybridized carbons (Fsp3) is 0.500. The third-order valence-corrected chi connectivity index (χ3v) is 2.13. The Morgan fingerprint density at radius 1 is 1.40 bits per heavy atom. The molecule has 1 aromatic rings. The summed E-state index contributed by atoms with van der Waals surface area (Å²) in [5.74, 6) is 0.0850. The van der Waals surface area contributed by atoms with Gasteiger partial charge < -0.3 is 9.72 Å². The molecule has 0 spiro atoms. The molecule has 1 heterocycles. The van der Waals surface area contributed by atoms with E-state index in [1.807, 2.05) is 0 Å². The maximum Gasteiger partial charge on any atom is 0.269 e. The first kappa shape index (κ1) is 11.7. The largest absolute Gasteiger partial charge is 0.482 e. The molecule has 0 aromatic carbocycles. The zero-order chi connectivity index (χ0) is 11.6. The van der Waals surface area contributed by atoms with Gasteiger partial charge in [-0.15, -0.1) is 0 Å². The maximum atomic E-state index is 12.4. The van der Waals surface area contributed by atoms with Gasteiger partial charge in [-0.05, 0) is 5.92 Å². The molecule has 1 aromatic heterocycles. The molecule has 84 valence electrons. The molecule has 0 aliphatic rings. The highest BCUT2D eigenvalue weighted by Crippen LogP contribution is 2.23. The molecule has 0 radical (unpaired) electrons. The lowest BCUT2D eigenvalue weighted by molar-refractivity contribution is 0.149. The van der Waals surface area contributed by atoms with Crippen molar-refractivity contribution in [2.45, 2.75) is 26.2 Å². The molecule has 15 heavy (non-hydrogen) atoms. The predicted octanol–water partition coefficient (Wildman–Crippen LogP) is 2.44. The van der Waals surface area contributed by atoms with Gasteiger partial charge in [0.1, 0.15) is 0 Å². The van der Waals surface area contributed by atoms with Crippen molar-refractivity contribution >= 4 is 0 Å². The first-order valence-corrected chi connectivity index (χ1v) is 4.56. The zero-order valence-electron chi connectivity index (χ0n) is 8.80. The summed E-state index contributed by atoms with van der Waals surface area (Å²) in [5, 5.41) is 0. The Balaban J connectivity index is 3.43. The van der Waals surface area contributed by atoms with Gasteiger partial charge in [-0.1, -0.05) is 13.8 Å². The Morgan fingerprint density at radius 3 is 2.40 bits per heavy atom. The third-order valence-electron chi connectivity index (χ3n) is 2.13. The molecule has 0 saturated carbocycles. The SMILES string of the molecule is COc1[nH]cc(C(F)F)c(=O)c1C(C)C. The van der Waals surface area contributed by atoms with Crippen molar-refractivity contribution in [3.63, 3.8) is 0 Å². The van der Waals surface area contributed by atoms with Crippen LogP contribution in [-0.4, -0.2) is 12.1 Å². The molecular weight excluding hydrogens is 204 g/mol. The van der Waals surface area contributed by atoms with Crippen molar-refractivity contribution in [1.29, 1.82) is 0 Å². The summed E-state index contributed by atoms with van der Waals surface area (Å²) in [6.45, 7) is 3.50. The van der Waals surface area contributed by atoms with Crippen LogP contribution in [0.3, 0.4) is 0 Å². The van der Waals surface area contributed by atoms with E-state index in [1.54, 1.807) is 13.8 Å². The molecule has 0 aliphatic carbocycles. The second-order valence-corrected chi connectivity index (χ2v) is 3.48. The van der Waals surface area contributed by atoms with E-state index in [4.69, 9.17) is 4.74 Å². The van der Waals surface area contributed by atoms with E-state index in [9.17, 15) is 13.6 Å². The molecule has 0 unspecified atom stereocenters. The summed E-state index contributed by atoms with van der Waals surface area (Å²) in [4.78, 5) is 14.2. The third kappa shape index (κ3) is 2.16. The molecule has 1 rings (SSSR count). The minimum absolute atomic E-state index is 0.164. The summed E-state index contributed by atoms with van der Waals surface area (Å²) < 4.78 is 29.8. The monoisotopic (exact) mass is 217 g/mol. The van der Waals surface area contributed by atoms with Crippen LogP contribution in [0, 0.1) is 0 Å². The maximum absolute atomic E-state index is 12.4. The number of hydrogen-bond donors (Lipinski definition) is 1. The van der Waals surface area contributed by atoms with Gasteiger partial charge >= 0.3 is 0 Å². The molecule has 0 aliphatic heterocycles. The number of aromatic nitrogens is 1. The lowest BCUT2D eigenvalue weighted by Gasteiger charge is -2.11. The average molecular weight is 217 g/mol. The summed E-state index contributed by atoms with van der Waals surface area (Å²) in [6.07, 6.45) is -1.77. The van der Waals surface area contributed by atoms with Crippen molar-refractivity contribution in [3.05, 3.63) is 27.5 Å². The minimum atomic E-state index is -2.77. The topological polar surface area (TPSA) is 42.1 Å². The van der Waals surface area contributed by atoms with E-state index >= 15 is 0 Å². The van der Waals surface area contributed by atoms with Crippen molar-refractivity contribution in [2.75, 3.05) is 7.11 Å². The number of aromatic amines is 1. The number of hydrogen-bond acceptors (Lipinski definition) is 2. The number of H-pyrrole nitrogens is 1. The Bertz CT molecular complexity index is 399. The first-order valence-electron chi connectivity index (χ1n) is 4.56. The van der Waals surface area contributed by atoms with Gasteiger partial charge in [-0.25, -0.2) is 8.78 Å². The second-order valence-electron chi connectivity index (χ2n) is 3.48. The summed E-state index contributed by atoms with van der Waals surface area (Å²) >= 11 is 0. The average Bonchev–Trinajstić information content (AvgIpc) is 2.15. The summed E-state index contributed by atoms with van der Waals surface area (Å²) in [7, 11) is 1.39. The van der Waals surface area contributed by atoms with Crippen LogP contribution < -0.4 is 10.2 Å². The van der Waals surface area contributed by atoms with Gasteiger partial charge in [0, 0.05) is 6.20 Å². The molecular formula is C10H13F2NO2. The highest BCUT2D eigenvalue weighted by molar-refractivity contribution is 5.33. The molecule has 1 N–H and O–H groups in total. The number of rotatable bonds is 3. The number of nitrogens with one attached hydrogen (secondary N) is 1. The van der Waals surface area contributed by atoms with Crippen LogP contribution in [0.15, 0.2) is 11.0 Å². The van der Waals surface area contributed by atoms with Gasteiger partial charge in [0.2, 0.25) is 0 Å². The van der Waals surface area contributed by atoms with E-state index in [-0.39, 0.29) is 17.4 Å². The molecule has 0 atom stereocenters. The van der Waals surface area contributed by atoms with E-state index in [0.29, 0.717) is 0 Å². The van der Waals surface area contributed by atoms with Crippen LogP contribution >= 0.6 is 0 Å². The van der Waals surface area contributed by atoms with E-state index in [2.05, 4.69) is 4.98 Å². The number of alkyl halides is 2. The Morgan fingerprint density at radius 2 is 2.00 bits per heavy atom. The lowest BCUT2D eigenvalue weighted by atomic mass is 10.0. The quantitative estimate of drug-likeness (QED) is 0.844. The van der Waals surface area contributed by atoms with Gasteiger partial charge in [0.15, 0.2) is 11.3 Å². The molecule has 5 heteroatoms. The Hall–Kier alpha value is -1.39. The van der Waals surface area contributed by atoms with Gasteiger partial charge in [0.25, 0.3) is 6.43 Å². The van der Waals surface area contributed by atoms with Gasteiger partial charge in [-0.2, -0.15) is 0 Å². The summed E-state index contributed by atoms with van der Waals surface area (Å²) in [5.41, 5.74) is -0.898. The van der Waals surface area contributed by atoms with Crippen molar-refractivity contribution in [2.24, 2.45) is 0 Å². The molecule has 0 fully saturated rings.